The molecular weight excluding hydrogens is 386 g/mol. The van der Waals surface area contributed by atoms with Crippen molar-refractivity contribution in [3.63, 3.8) is 0 Å². The first-order chi connectivity index (χ1) is 10.1. The minimum absolute atomic E-state index is 0.349. The number of aliphatic hydroxyl groups excluding tert-OH is 1. The van der Waals surface area contributed by atoms with Crippen molar-refractivity contribution >= 4 is 23.5 Å². The molecule has 0 saturated heterocycles. The molecule has 1 aromatic carbocycles. The predicted octanol–water partition coefficient (Wildman–Crippen LogP) is 4.48. The summed E-state index contributed by atoms with van der Waals surface area (Å²) in [4.78, 5) is 18.5. The molecule has 4 nitrogen and oxygen atoms in total. The topological polar surface area (TPSA) is 77.8 Å². The van der Waals surface area contributed by atoms with E-state index in [2.05, 4.69) is 15.9 Å². The Labute approximate surface area is 145 Å². The van der Waals surface area contributed by atoms with E-state index in [1.54, 1.807) is 0 Å². The van der Waals surface area contributed by atoms with Gasteiger partial charge >= 0.3 is 7.60 Å². The second kappa shape index (κ2) is 6.57. The van der Waals surface area contributed by atoms with Crippen LogP contribution >= 0.6 is 23.5 Å². The zero-order valence-corrected chi connectivity index (χ0v) is 16.8. The quantitative estimate of drug-likeness (QED) is 0.506. The van der Waals surface area contributed by atoms with Gasteiger partial charge in [0.05, 0.1) is 0 Å². The van der Waals surface area contributed by atoms with Gasteiger partial charge in [0.1, 0.15) is 5.82 Å². The lowest BCUT2D eigenvalue weighted by atomic mass is 9.75. The SMILES string of the molecule is CC(C)(C)c1cc(C(O)P(=O)(O)O)c(F)c(C(C)(C)C)c1CBr. The van der Waals surface area contributed by atoms with Crippen LogP contribution < -0.4 is 0 Å². The van der Waals surface area contributed by atoms with E-state index in [4.69, 9.17) is 0 Å². The molecule has 0 aliphatic rings. The van der Waals surface area contributed by atoms with E-state index >= 15 is 4.39 Å². The maximum atomic E-state index is 15.0. The van der Waals surface area contributed by atoms with Gasteiger partial charge < -0.3 is 14.9 Å². The Morgan fingerprint density at radius 2 is 1.65 bits per heavy atom. The fourth-order valence-corrected chi connectivity index (χ4v) is 3.81. The van der Waals surface area contributed by atoms with Crippen molar-refractivity contribution < 1.29 is 23.8 Å². The molecule has 1 unspecified atom stereocenters. The van der Waals surface area contributed by atoms with Gasteiger partial charge in [-0.3, -0.25) is 4.57 Å². The second-order valence-electron chi connectivity index (χ2n) is 7.78. The van der Waals surface area contributed by atoms with Gasteiger partial charge in [0.2, 0.25) is 0 Å². The Bertz CT molecular complexity index is 641. The van der Waals surface area contributed by atoms with E-state index in [-0.39, 0.29) is 11.0 Å². The number of rotatable bonds is 3. The summed E-state index contributed by atoms with van der Waals surface area (Å²) in [6.07, 6.45) is 0. The number of alkyl halides is 1. The van der Waals surface area contributed by atoms with Crippen molar-refractivity contribution in [3.8, 4) is 0 Å². The van der Waals surface area contributed by atoms with Gasteiger partial charge in [-0.05, 0) is 33.6 Å². The highest BCUT2D eigenvalue weighted by molar-refractivity contribution is 9.08. The number of benzene rings is 1. The summed E-state index contributed by atoms with van der Waals surface area (Å²) < 4.78 is 26.5. The molecule has 0 aromatic heterocycles. The van der Waals surface area contributed by atoms with E-state index in [1.165, 1.54) is 6.07 Å². The van der Waals surface area contributed by atoms with Gasteiger partial charge in [-0.15, -0.1) is 0 Å². The summed E-state index contributed by atoms with van der Waals surface area (Å²) in [6, 6.07) is 1.38. The summed E-state index contributed by atoms with van der Waals surface area (Å²) in [5.74, 6) is -2.93. The third kappa shape index (κ3) is 4.43. The summed E-state index contributed by atoms with van der Waals surface area (Å²) in [7, 11) is -4.87. The van der Waals surface area contributed by atoms with Crippen LogP contribution in [-0.2, 0) is 20.7 Å². The summed E-state index contributed by atoms with van der Waals surface area (Å²) in [5.41, 5.74) is 0.562. The first kappa shape index (κ1) is 20.8. The van der Waals surface area contributed by atoms with Crippen LogP contribution in [0.25, 0.3) is 0 Å². The molecule has 0 fully saturated rings. The monoisotopic (exact) mass is 410 g/mol. The number of hydrogen-bond donors (Lipinski definition) is 3. The lowest BCUT2D eigenvalue weighted by molar-refractivity contribution is 0.200. The third-order valence-corrected chi connectivity index (χ3v) is 5.16. The summed E-state index contributed by atoms with van der Waals surface area (Å²) in [6.45, 7) is 11.3. The van der Waals surface area contributed by atoms with Crippen molar-refractivity contribution in [2.24, 2.45) is 0 Å². The molecule has 0 amide bonds. The zero-order valence-electron chi connectivity index (χ0n) is 14.3. The van der Waals surface area contributed by atoms with Crippen LogP contribution in [0.2, 0.25) is 0 Å². The molecule has 0 radical (unpaired) electrons. The molecule has 1 atom stereocenters. The van der Waals surface area contributed by atoms with Crippen molar-refractivity contribution in [1.29, 1.82) is 0 Å². The van der Waals surface area contributed by atoms with Gasteiger partial charge in [0, 0.05) is 10.9 Å². The number of aliphatic hydroxyl groups is 1. The molecule has 1 aromatic rings. The Balaban J connectivity index is 3.93. The molecule has 132 valence electrons. The highest BCUT2D eigenvalue weighted by Gasteiger charge is 2.36. The van der Waals surface area contributed by atoms with Crippen molar-refractivity contribution in [2.45, 2.75) is 63.5 Å². The van der Waals surface area contributed by atoms with E-state index in [0.29, 0.717) is 10.9 Å². The van der Waals surface area contributed by atoms with Crippen LogP contribution in [0, 0.1) is 5.82 Å². The van der Waals surface area contributed by atoms with Crippen LogP contribution in [0.4, 0.5) is 4.39 Å². The summed E-state index contributed by atoms with van der Waals surface area (Å²) in [5, 5.41) is 10.4. The largest absolute Gasteiger partial charge is 0.376 e. The Morgan fingerprint density at radius 3 is 1.96 bits per heavy atom. The molecule has 0 bridgehead atoms. The maximum Gasteiger partial charge on any atom is 0.358 e. The van der Waals surface area contributed by atoms with Crippen LogP contribution in [0.15, 0.2) is 6.07 Å². The minimum Gasteiger partial charge on any atom is -0.376 e. The Hall–Kier alpha value is -0.260. The average Bonchev–Trinajstić information content (AvgIpc) is 2.32. The van der Waals surface area contributed by atoms with Crippen LogP contribution in [0.1, 0.15) is 69.6 Å². The van der Waals surface area contributed by atoms with E-state index < -0.39 is 24.7 Å². The highest BCUT2D eigenvalue weighted by Crippen LogP contribution is 2.52. The third-order valence-electron chi connectivity index (χ3n) is 3.69. The van der Waals surface area contributed by atoms with Crippen molar-refractivity contribution in [3.05, 3.63) is 34.1 Å². The van der Waals surface area contributed by atoms with Crippen LogP contribution in [-0.4, -0.2) is 14.9 Å². The molecule has 0 saturated carbocycles. The Morgan fingerprint density at radius 1 is 1.17 bits per heavy atom. The van der Waals surface area contributed by atoms with Gasteiger partial charge in [-0.2, -0.15) is 0 Å². The lowest BCUT2D eigenvalue weighted by Crippen LogP contribution is -2.24. The van der Waals surface area contributed by atoms with Crippen molar-refractivity contribution in [2.75, 3.05) is 0 Å². The molecular formula is C16H25BrFO4P. The van der Waals surface area contributed by atoms with Gasteiger partial charge in [0.15, 0.2) is 5.85 Å². The molecule has 7 heteroatoms. The first-order valence-electron chi connectivity index (χ1n) is 7.27. The van der Waals surface area contributed by atoms with E-state index in [1.807, 2.05) is 41.5 Å². The van der Waals surface area contributed by atoms with Gasteiger partial charge in [-0.25, -0.2) is 4.39 Å². The molecule has 0 heterocycles. The highest BCUT2D eigenvalue weighted by atomic mass is 79.9. The molecule has 1 rings (SSSR count). The first-order valence-corrected chi connectivity index (χ1v) is 10.1. The fraction of sp³-hybridized carbons (Fsp3) is 0.625. The van der Waals surface area contributed by atoms with Crippen molar-refractivity contribution in [1.82, 2.24) is 0 Å². The average molecular weight is 411 g/mol. The fourth-order valence-electron chi connectivity index (χ4n) is 2.68. The van der Waals surface area contributed by atoms with E-state index in [9.17, 15) is 19.5 Å². The predicted molar refractivity (Wildman–Crippen MR) is 93.4 cm³/mol. The lowest BCUT2D eigenvalue weighted by Gasteiger charge is -2.32. The van der Waals surface area contributed by atoms with Gasteiger partial charge in [0.25, 0.3) is 0 Å². The molecule has 0 aliphatic heterocycles. The van der Waals surface area contributed by atoms with Gasteiger partial charge in [-0.1, -0.05) is 57.5 Å². The summed E-state index contributed by atoms with van der Waals surface area (Å²) >= 11 is 3.40. The number of halogens is 2. The second-order valence-corrected chi connectivity index (χ2v) is 10.0. The normalized spacial score (nSPS) is 14.9. The molecule has 3 N–H and O–H groups in total. The minimum atomic E-state index is -4.87. The standard InChI is InChI=1S/C16H25BrFO4P/c1-15(2,3)11-7-9(14(19)23(20,21)22)13(18)12(10(11)8-17)16(4,5)6/h7,14,19H,8H2,1-6H3,(H2,20,21,22). The smallest absolute Gasteiger partial charge is 0.358 e. The van der Waals surface area contributed by atoms with Crippen LogP contribution in [0.5, 0.6) is 0 Å². The van der Waals surface area contributed by atoms with Crippen LogP contribution in [0.3, 0.4) is 0 Å². The number of hydrogen-bond acceptors (Lipinski definition) is 2. The maximum absolute atomic E-state index is 15.0. The Kier molecular flexibility index (Phi) is 5.93. The zero-order chi connectivity index (χ0) is 18.4. The molecule has 0 aliphatic carbocycles. The van der Waals surface area contributed by atoms with E-state index in [0.717, 1.165) is 11.1 Å². The molecule has 23 heavy (non-hydrogen) atoms. The molecule has 0 spiro atoms.